The van der Waals surface area contributed by atoms with Gasteiger partial charge in [-0.25, -0.2) is 4.79 Å². The molecule has 0 atom stereocenters. The van der Waals surface area contributed by atoms with E-state index >= 15 is 0 Å². The Balaban J connectivity index is 2.26. The molecule has 0 bridgehead atoms. The third-order valence-corrected chi connectivity index (χ3v) is 2.66. The number of hydrogen-bond donors (Lipinski definition) is 1. The lowest BCUT2D eigenvalue weighted by molar-refractivity contribution is 0.766. The van der Waals surface area contributed by atoms with Crippen molar-refractivity contribution in [3.8, 4) is 0 Å². The van der Waals surface area contributed by atoms with E-state index in [4.69, 9.17) is 0 Å². The zero-order valence-corrected chi connectivity index (χ0v) is 10.7. The van der Waals surface area contributed by atoms with Crippen LogP contribution < -0.4 is 16.3 Å². The van der Waals surface area contributed by atoms with Gasteiger partial charge in [-0.3, -0.25) is 19.4 Å². The van der Waals surface area contributed by atoms with Crippen molar-refractivity contribution in [2.75, 3.05) is 12.1 Å². The molecule has 0 radical (unpaired) electrons. The number of aromatic amines is 1. The molecule has 0 aliphatic carbocycles. The van der Waals surface area contributed by atoms with E-state index in [1.165, 1.54) is 18.1 Å². The second-order valence-electron chi connectivity index (χ2n) is 4.04. The van der Waals surface area contributed by atoms with Gasteiger partial charge in [-0.2, -0.15) is 5.10 Å². The molecule has 0 spiro atoms. The second kappa shape index (κ2) is 5.34. The number of nitrogens with zero attached hydrogens (tertiary/aromatic N) is 3. The van der Waals surface area contributed by atoms with E-state index in [2.05, 4.69) is 10.1 Å². The van der Waals surface area contributed by atoms with Crippen LogP contribution in [-0.4, -0.2) is 22.8 Å². The molecule has 2 rings (SSSR count). The summed E-state index contributed by atoms with van der Waals surface area (Å²) in [5, 5.41) is 5.61. The Morgan fingerprint density at radius 3 is 2.58 bits per heavy atom. The predicted octanol–water partition coefficient (Wildman–Crippen LogP) is 0.544. The molecule has 0 amide bonds. The van der Waals surface area contributed by atoms with Crippen LogP contribution in [-0.2, 0) is 7.05 Å². The lowest BCUT2D eigenvalue weighted by Gasteiger charge is -2.12. The zero-order chi connectivity index (χ0) is 13.8. The molecule has 2 aromatic rings. The Labute approximate surface area is 109 Å². The van der Waals surface area contributed by atoms with Gasteiger partial charge in [0.1, 0.15) is 5.82 Å². The normalized spacial score (nSPS) is 10.8. The van der Waals surface area contributed by atoms with Gasteiger partial charge in [0, 0.05) is 20.2 Å². The van der Waals surface area contributed by atoms with E-state index in [9.17, 15) is 9.59 Å². The monoisotopic (exact) mass is 258 g/mol. The fraction of sp³-hybridized carbons (Fsp3) is 0.154. The van der Waals surface area contributed by atoms with Crippen molar-refractivity contribution in [1.82, 2.24) is 9.55 Å². The molecule has 0 saturated heterocycles. The molecule has 19 heavy (non-hydrogen) atoms. The van der Waals surface area contributed by atoms with Crippen LogP contribution in [0.3, 0.4) is 0 Å². The van der Waals surface area contributed by atoms with Gasteiger partial charge in [-0.15, -0.1) is 0 Å². The van der Waals surface area contributed by atoms with Crippen molar-refractivity contribution in [3.63, 3.8) is 0 Å². The Morgan fingerprint density at radius 2 is 1.95 bits per heavy atom. The van der Waals surface area contributed by atoms with E-state index in [1.54, 1.807) is 13.3 Å². The molecule has 98 valence electrons. The largest absolute Gasteiger partial charge is 0.329 e. The summed E-state index contributed by atoms with van der Waals surface area (Å²) < 4.78 is 0.998. The van der Waals surface area contributed by atoms with E-state index in [0.717, 1.165) is 10.1 Å². The summed E-state index contributed by atoms with van der Waals surface area (Å²) in [7, 11) is 3.07. The van der Waals surface area contributed by atoms with Crippen LogP contribution >= 0.6 is 0 Å². The van der Waals surface area contributed by atoms with Crippen molar-refractivity contribution >= 4 is 12.0 Å². The third kappa shape index (κ3) is 2.98. The summed E-state index contributed by atoms with van der Waals surface area (Å²) in [5.74, 6) is 0.347. The highest BCUT2D eigenvalue weighted by Gasteiger charge is 2.03. The van der Waals surface area contributed by atoms with Crippen molar-refractivity contribution in [1.29, 1.82) is 0 Å². The smallest absolute Gasteiger partial charge is 0.292 e. The fourth-order valence-corrected chi connectivity index (χ4v) is 1.47. The predicted molar refractivity (Wildman–Crippen MR) is 74.7 cm³/mol. The average Bonchev–Trinajstić information content (AvgIpc) is 2.42. The van der Waals surface area contributed by atoms with Gasteiger partial charge in [0.25, 0.3) is 5.56 Å². The summed E-state index contributed by atoms with van der Waals surface area (Å²) >= 11 is 0. The highest BCUT2D eigenvalue weighted by molar-refractivity contribution is 5.80. The van der Waals surface area contributed by atoms with Crippen LogP contribution in [0.25, 0.3) is 0 Å². The Hall–Kier alpha value is -2.63. The molecule has 6 nitrogen and oxygen atoms in total. The van der Waals surface area contributed by atoms with Gasteiger partial charge in [-0.05, 0) is 5.56 Å². The minimum atomic E-state index is -0.468. The quantitative estimate of drug-likeness (QED) is 0.645. The Morgan fingerprint density at radius 1 is 1.26 bits per heavy atom. The minimum absolute atomic E-state index is 0.347. The number of H-pyrrole nitrogens is 1. The lowest BCUT2D eigenvalue weighted by atomic mass is 10.2. The maximum atomic E-state index is 11.5. The van der Waals surface area contributed by atoms with Crippen LogP contribution in [0.2, 0.25) is 0 Å². The standard InChI is InChI=1S/C13H14N4O2/c1-16-12(18)8-11(15-13(16)19)17(2)14-9-10-6-4-3-5-7-10/h3-9H,1-2H3,(H,15,19)/b14-9+. The number of nitrogens with one attached hydrogen (secondary N) is 1. The topological polar surface area (TPSA) is 70.5 Å². The second-order valence-corrected chi connectivity index (χ2v) is 4.04. The maximum absolute atomic E-state index is 11.5. The van der Waals surface area contributed by atoms with Crippen LogP contribution in [0.5, 0.6) is 0 Å². The maximum Gasteiger partial charge on any atom is 0.329 e. The van der Waals surface area contributed by atoms with Gasteiger partial charge in [0.2, 0.25) is 0 Å². The lowest BCUT2D eigenvalue weighted by Crippen LogP contribution is -2.33. The SMILES string of the molecule is CN(/N=C/c1ccccc1)c1cc(=O)n(C)c(=O)[nH]1. The molecule has 0 aliphatic heterocycles. The van der Waals surface area contributed by atoms with E-state index in [1.807, 2.05) is 30.3 Å². The fourth-order valence-electron chi connectivity index (χ4n) is 1.47. The van der Waals surface area contributed by atoms with Gasteiger partial charge < -0.3 is 0 Å². The first-order valence-corrected chi connectivity index (χ1v) is 5.71. The first-order valence-electron chi connectivity index (χ1n) is 5.71. The molecule has 0 aliphatic rings. The van der Waals surface area contributed by atoms with Crippen molar-refractivity contribution in [2.24, 2.45) is 12.1 Å². The average molecular weight is 258 g/mol. The summed E-state index contributed by atoms with van der Waals surface area (Å²) in [4.78, 5) is 25.5. The highest BCUT2D eigenvalue weighted by atomic mass is 16.2. The number of aromatic nitrogens is 2. The van der Waals surface area contributed by atoms with Crippen molar-refractivity contribution in [3.05, 3.63) is 62.8 Å². The first kappa shape index (κ1) is 12.8. The summed E-state index contributed by atoms with van der Waals surface area (Å²) in [6, 6.07) is 10.9. The third-order valence-electron chi connectivity index (χ3n) is 2.66. The molecule has 1 aromatic heterocycles. The summed E-state index contributed by atoms with van der Waals surface area (Å²) in [5.41, 5.74) is 0.0882. The number of benzene rings is 1. The number of hydrazone groups is 1. The van der Waals surface area contributed by atoms with E-state index < -0.39 is 5.69 Å². The Kier molecular flexibility index (Phi) is 3.61. The molecule has 0 saturated carbocycles. The highest BCUT2D eigenvalue weighted by Crippen LogP contribution is 2.03. The van der Waals surface area contributed by atoms with E-state index in [0.29, 0.717) is 5.82 Å². The zero-order valence-electron chi connectivity index (χ0n) is 10.7. The van der Waals surface area contributed by atoms with Crippen LogP contribution in [0.1, 0.15) is 5.56 Å². The van der Waals surface area contributed by atoms with Gasteiger partial charge in [0.05, 0.1) is 6.21 Å². The Bertz CT molecular complexity index is 669. The molecule has 6 heteroatoms. The summed E-state index contributed by atoms with van der Waals surface area (Å²) in [6.45, 7) is 0. The van der Waals surface area contributed by atoms with Crippen LogP contribution in [0, 0.1) is 0 Å². The van der Waals surface area contributed by atoms with Gasteiger partial charge >= 0.3 is 5.69 Å². The molecule has 1 heterocycles. The van der Waals surface area contributed by atoms with Gasteiger partial charge in [-0.1, -0.05) is 30.3 Å². The van der Waals surface area contributed by atoms with Crippen molar-refractivity contribution < 1.29 is 0 Å². The molecular weight excluding hydrogens is 244 g/mol. The van der Waals surface area contributed by atoms with Gasteiger partial charge in [0.15, 0.2) is 0 Å². The number of anilines is 1. The minimum Gasteiger partial charge on any atom is -0.292 e. The number of hydrogen-bond acceptors (Lipinski definition) is 4. The van der Waals surface area contributed by atoms with E-state index in [-0.39, 0.29) is 5.56 Å². The summed E-state index contributed by atoms with van der Waals surface area (Å²) in [6.07, 6.45) is 1.65. The number of rotatable bonds is 3. The first-order chi connectivity index (χ1) is 9.08. The molecule has 0 unspecified atom stereocenters. The van der Waals surface area contributed by atoms with Crippen LogP contribution in [0.4, 0.5) is 5.82 Å². The molecule has 1 aromatic carbocycles. The molecule has 1 N–H and O–H groups in total. The van der Waals surface area contributed by atoms with Crippen LogP contribution in [0.15, 0.2) is 51.1 Å². The molecular formula is C13H14N4O2. The molecule has 0 fully saturated rings. The van der Waals surface area contributed by atoms with Crippen molar-refractivity contribution in [2.45, 2.75) is 0 Å².